The molecule has 2 N–H and O–H groups in total. The lowest BCUT2D eigenvalue weighted by Crippen LogP contribution is -2.38. The lowest BCUT2D eigenvalue weighted by Gasteiger charge is -2.23. The third kappa shape index (κ3) is 4.98. The van der Waals surface area contributed by atoms with Gasteiger partial charge in [0.1, 0.15) is 0 Å². The summed E-state index contributed by atoms with van der Waals surface area (Å²) in [5.41, 5.74) is 6.20. The van der Waals surface area contributed by atoms with E-state index in [2.05, 4.69) is 13.8 Å². The van der Waals surface area contributed by atoms with Crippen LogP contribution in [0.5, 0.6) is 0 Å². The maximum atomic E-state index is 6.20. The van der Waals surface area contributed by atoms with Crippen LogP contribution in [0.2, 0.25) is 0 Å². The Labute approximate surface area is 94.6 Å². The number of hydrogen-bond acceptors (Lipinski definition) is 2. The molecule has 1 aliphatic rings. The molecular formula is C13H27NO. The van der Waals surface area contributed by atoms with Gasteiger partial charge in [0.25, 0.3) is 0 Å². The first-order valence-corrected chi connectivity index (χ1v) is 6.66. The highest BCUT2D eigenvalue weighted by Gasteiger charge is 2.35. The molecule has 0 bridgehead atoms. The molecule has 0 aromatic carbocycles. The molecule has 0 heterocycles. The normalized spacial score (nSPS) is 20.2. The first kappa shape index (κ1) is 13.0. The highest BCUT2D eigenvalue weighted by atomic mass is 16.5. The number of hydrogen-bond donors (Lipinski definition) is 1. The second-order valence-corrected chi connectivity index (χ2v) is 4.77. The summed E-state index contributed by atoms with van der Waals surface area (Å²) in [7, 11) is 0. The van der Waals surface area contributed by atoms with Gasteiger partial charge in [-0.1, -0.05) is 32.6 Å². The van der Waals surface area contributed by atoms with Crippen molar-refractivity contribution in [2.24, 2.45) is 11.7 Å². The molecule has 2 nitrogen and oxygen atoms in total. The van der Waals surface area contributed by atoms with Gasteiger partial charge in [-0.15, -0.1) is 0 Å². The third-order valence-corrected chi connectivity index (χ3v) is 3.26. The van der Waals surface area contributed by atoms with Gasteiger partial charge in [0.2, 0.25) is 0 Å². The van der Waals surface area contributed by atoms with Gasteiger partial charge in [0.05, 0.1) is 6.10 Å². The molecular weight excluding hydrogens is 186 g/mol. The molecule has 1 aliphatic carbocycles. The fraction of sp³-hybridized carbons (Fsp3) is 1.00. The van der Waals surface area contributed by atoms with Crippen LogP contribution in [0.25, 0.3) is 0 Å². The highest BCUT2D eigenvalue weighted by molar-refractivity contribution is 4.88. The third-order valence-electron chi connectivity index (χ3n) is 3.26. The van der Waals surface area contributed by atoms with Crippen molar-refractivity contribution >= 4 is 0 Å². The Hall–Kier alpha value is -0.0800. The van der Waals surface area contributed by atoms with Gasteiger partial charge in [-0.3, -0.25) is 0 Å². The maximum absolute atomic E-state index is 6.20. The SMILES string of the molecule is CCCCCCC(N)C(OCC)C1CC1. The molecule has 0 aromatic heterocycles. The van der Waals surface area contributed by atoms with Crippen LogP contribution in [0.4, 0.5) is 0 Å². The van der Waals surface area contributed by atoms with Crippen molar-refractivity contribution in [2.45, 2.75) is 70.9 Å². The topological polar surface area (TPSA) is 35.2 Å². The molecule has 0 radical (unpaired) electrons. The van der Waals surface area contributed by atoms with E-state index < -0.39 is 0 Å². The quantitative estimate of drug-likeness (QED) is 0.597. The van der Waals surface area contributed by atoms with E-state index in [1.807, 2.05) is 0 Å². The van der Waals surface area contributed by atoms with E-state index >= 15 is 0 Å². The van der Waals surface area contributed by atoms with Gasteiger partial charge in [0.15, 0.2) is 0 Å². The Morgan fingerprint density at radius 2 is 1.93 bits per heavy atom. The van der Waals surface area contributed by atoms with Crippen LogP contribution in [-0.2, 0) is 4.74 Å². The van der Waals surface area contributed by atoms with Crippen molar-refractivity contribution in [1.29, 1.82) is 0 Å². The highest BCUT2D eigenvalue weighted by Crippen LogP contribution is 2.36. The second kappa shape index (κ2) is 7.24. The lowest BCUT2D eigenvalue weighted by molar-refractivity contribution is 0.0262. The first-order valence-electron chi connectivity index (χ1n) is 6.66. The Morgan fingerprint density at radius 3 is 2.47 bits per heavy atom. The monoisotopic (exact) mass is 213 g/mol. The van der Waals surface area contributed by atoms with Gasteiger partial charge < -0.3 is 10.5 Å². The molecule has 15 heavy (non-hydrogen) atoms. The van der Waals surface area contributed by atoms with Gasteiger partial charge in [-0.25, -0.2) is 0 Å². The predicted molar refractivity (Wildman–Crippen MR) is 64.9 cm³/mol. The Kier molecular flexibility index (Phi) is 6.26. The summed E-state index contributed by atoms with van der Waals surface area (Å²) >= 11 is 0. The standard InChI is InChI=1S/C13H27NO/c1-3-5-6-7-8-12(14)13(15-4-2)11-9-10-11/h11-13H,3-10,14H2,1-2H3. The zero-order valence-electron chi connectivity index (χ0n) is 10.4. The van der Waals surface area contributed by atoms with Crippen molar-refractivity contribution < 1.29 is 4.74 Å². The van der Waals surface area contributed by atoms with Gasteiger partial charge in [-0.2, -0.15) is 0 Å². The van der Waals surface area contributed by atoms with Gasteiger partial charge in [0, 0.05) is 12.6 Å². The van der Waals surface area contributed by atoms with E-state index in [1.165, 1.54) is 38.5 Å². The molecule has 0 saturated heterocycles. The molecule has 2 unspecified atom stereocenters. The minimum absolute atomic E-state index is 0.273. The fourth-order valence-electron chi connectivity index (χ4n) is 2.20. The summed E-state index contributed by atoms with van der Waals surface area (Å²) in [5, 5.41) is 0. The zero-order valence-corrected chi connectivity index (χ0v) is 10.4. The molecule has 0 aromatic rings. The van der Waals surface area contributed by atoms with Crippen LogP contribution in [-0.4, -0.2) is 18.8 Å². The Balaban J connectivity index is 2.14. The Morgan fingerprint density at radius 1 is 1.20 bits per heavy atom. The van der Waals surface area contributed by atoms with Crippen molar-refractivity contribution in [3.63, 3.8) is 0 Å². The van der Waals surface area contributed by atoms with E-state index in [4.69, 9.17) is 10.5 Å². The number of ether oxygens (including phenoxy) is 1. The van der Waals surface area contributed by atoms with E-state index in [9.17, 15) is 0 Å². The van der Waals surface area contributed by atoms with E-state index in [0.717, 1.165) is 18.9 Å². The number of nitrogens with two attached hydrogens (primary N) is 1. The van der Waals surface area contributed by atoms with E-state index in [-0.39, 0.29) is 6.04 Å². The number of unbranched alkanes of at least 4 members (excludes halogenated alkanes) is 3. The molecule has 1 saturated carbocycles. The van der Waals surface area contributed by atoms with Crippen LogP contribution in [0.1, 0.15) is 58.8 Å². The van der Waals surface area contributed by atoms with Crippen molar-refractivity contribution in [1.82, 2.24) is 0 Å². The molecule has 1 fully saturated rings. The fourth-order valence-corrected chi connectivity index (χ4v) is 2.20. The van der Waals surface area contributed by atoms with E-state index in [0.29, 0.717) is 6.10 Å². The molecule has 1 rings (SSSR count). The average Bonchev–Trinajstić information content (AvgIpc) is 3.04. The van der Waals surface area contributed by atoms with Gasteiger partial charge in [-0.05, 0) is 32.1 Å². The molecule has 90 valence electrons. The smallest absolute Gasteiger partial charge is 0.0753 e. The van der Waals surface area contributed by atoms with Crippen molar-refractivity contribution in [3.05, 3.63) is 0 Å². The second-order valence-electron chi connectivity index (χ2n) is 4.77. The summed E-state index contributed by atoms with van der Waals surface area (Å²) in [6.45, 7) is 5.12. The summed E-state index contributed by atoms with van der Waals surface area (Å²) in [6, 6.07) is 0.273. The summed E-state index contributed by atoms with van der Waals surface area (Å²) < 4.78 is 5.76. The molecule has 0 amide bonds. The largest absolute Gasteiger partial charge is 0.377 e. The van der Waals surface area contributed by atoms with Gasteiger partial charge >= 0.3 is 0 Å². The minimum atomic E-state index is 0.273. The Bertz CT molecular complexity index is 157. The maximum Gasteiger partial charge on any atom is 0.0753 e. The van der Waals surface area contributed by atoms with Crippen LogP contribution in [0.15, 0.2) is 0 Å². The summed E-state index contributed by atoms with van der Waals surface area (Å²) in [4.78, 5) is 0. The van der Waals surface area contributed by atoms with Crippen LogP contribution < -0.4 is 5.73 Å². The predicted octanol–water partition coefficient (Wildman–Crippen LogP) is 3.10. The molecule has 0 spiro atoms. The van der Waals surface area contributed by atoms with Crippen molar-refractivity contribution in [3.8, 4) is 0 Å². The first-order chi connectivity index (χ1) is 7.29. The molecule has 2 atom stereocenters. The van der Waals surface area contributed by atoms with Crippen LogP contribution >= 0.6 is 0 Å². The van der Waals surface area contributed by atoms with Crippen LogP contribution in [0.3, 0.4) is 0 Å². The van der Waals surface area contributed by atoms with Crippen molar-refractivity contribution in [2.75, 3.05) is 6.61 Å². The summed E-state index contributed by atoms with van der Waals surface area (Å²) in [5.74, 6) is 0.770. The molecule has 0 aliphatic heterocycles. The lowest BCUT2D eigenvalue weighted by atomic mass is 10.0. The molecule has 2 heteroatoms. The van der Waals surface area contributed by atoms with E-state index in [1.54, 1.807) is 0 Å². The zero-order chi connectivity index (χ0) is 11.1. The summed E-state index contributed by atoms with van der Waals surface area (Å²) in [6.07, 6.45) is 9.37. The average molecular weight is 213 g/mol. The van der Waals surface area contributed by atoms with Crippen LogP contribution in [0, 0.1) is 5.92 Å². The minimum Gasteiger partial charge on any atom is -0.377 e. The number of rotatable bonds is 9.